The second-order valence-electron chi connectivity index (χ2n) is 6.18. The maximum absolute atomic E-state index is 13.6. The van der Waals surface area contributed by atoms with Crippen molar-refractivity contribution >= 4 is 11.8 Å². The largest absolute Gasteiger partial charge is 0.497 e. The highest BCUT2D eigenvalue weighted by atomic mass is 19.1. The van der Waals surface area contributed by atoms with E-state index in [1.165, 1.54) is 18.2 Å². The third-order valence-electron chi connectivity index (χ3n) is 4.59. The number of hydrogen-bond acceptors (Lipinski definition) is 3. The highest BCUT2D eigenvalue weighted by Gasteiger charge is 2.30. The molecule has 6 heteroatoms. The van der Waals surface area contributed by atoms with Crippen molar-refractivity contribution in [3.8, 4) is 5.75 Å². The van der Waals surface area contributed by atoms with Crippen molar-refractivity contribution in [1.29, 1.82) is 0 Å². The van der Waals surface area contributed by atoms with Gasteiger partial charge in [-0.05, 0) is 42.7 Å². The van der Waals surface area contributed by atoms with E-state index in [9.17, 15) is 14.0 Å². The number of ether oxygens (including phenoxy) is 1. The molecule has 1 fully saturated rings. The van der Waals surface area contributed by atoms with Gasteiger partial charge >= 0.3 is 0 Å². The van der Waals surface area contributed by atoms with Crippen LogP contribution in [0.4, 0.5) is 4.39 Å². The fraction of sp³-hybridized carbons (Fsp3) is 0.300. The molecule has 1 atom stereocenters. The first kappa shape index (κ1) is 17.9. The molecule has 1 saturated heterocycles. The van der Waals surface area contributed by atoms with Gasteiger partial charge in [-0.1, -0.05) is 24.3 Å². The number of carbonyl (C=O) groups excluding carboxylic acids is 2. The minimum Gasteiger partial charge on any atom is -0.497 e. The van der Waals surface area contributed by atoms with E-state index in [0.717, 1.165) is 24.2 Å². The summed E-state index contributed by atoms with van der Waals surface area (Å²) < 4.78 is 18.8. The third-order valence-corrected chi connectivity index (χ3v) is 4.59. The van der Waals surface area contributed by atoms with E-state index >= 15 is 0 Å². The maximum atomic E-state index is 13.6. The molecular weight excluding hydrogens is 335 g/mol. The first-order valence-corrected chi connectivity index (χ1v) is 8.56. The van der Waals surface area contributed by atoms with E-state index < -0.39 is 11.7 Å². The summed E-state index contributed by atoms with van der Waals surface area (Å²) in [5.74, 6) is -0.596. The first-order chi connectivity index (χ1) is 12.6. The molecule has 3 rings (SSSR count). The summed E-state index contributed by atoms with van der Waals surface area (Å²) in [7, 11) is 1.61. The Hall–Kier alpha value is -2.89. The van der Waals surface area contributed by atoms with Crippen LogP contribution in [0.1, 0.15) is 34.8 Å². The Kier molecular flexibility index (Phi) is 5.51. The molecule has 136 valence electrons. The molecule has 26 heavy (non-hydrogen) atoms. The van der Waals surface area contributed by atoms with Crippen molar-refractivity contribution in [2.24, 2.45) is 0 Å². The Labute approximate surface area is 151 Å². The molecule has 1 aliphatic rings. The summed E-state index contributed by atoms with van der Waals surface area (Å²) in [4.78, 5) is 26.4. The molecule has 0 saturated carbocycles. The fourth-order valence-corrected chi connectivity index (χ4v) is 3.24. The molecule has 1 aliphatic heterocycles. The number of likely N-dealkylation sites (tertiary alicyclic amines) is 1. The molecule has 0 spiro atoms. The number of methoxy groups -OCH3 is 1. The number of carbonyl (C=O) groups is 2. The summed E-state index contributed by atoms with van der Waals surface area (Å²) in [5.41, 5.74) is 0.977. The van der Waals surface area contributed by atoms with Crippen LogP contribution >= 0.6 is 0 Å². The molecule has 1 N–H and O–H groups in total. The van der Waals surface area contributed by atoms with Gasteiger partial charge in [0, 0.05) is 6.54 Å². The molecule has 1 unspecified atom stereocenters. The van der Waals surface area contributed by atoms with E-state index in [0.29, 0.717) is 6.54 Å². The molecule has 0 bridgehead atoms. The molecule has 0 aromatic heterocycles. The first-order valence-electron chi connectivity index (χ1n) is 8.56. The Balaban J connectivity index is 1.63. The smallest absolute Gasteiger partial charge is 0.254 e. The average Bonchev–Trinajstić information content (AvgIpc) is 3.16. The van der Waals surface area contributed by atoms with Gasteiger partial charge in [0.2, 0.25) is 5.91 Å². The van der Waals surface area contributed by atoms with Crippen LogP contribution in [0.25, 0.3) is 0 Å². The molecule has 0 radical (unpaired) electrons. The second kappa shape index (κ2) is 7.99. The number of halogens is 1. The van der Waals surface area contributed by atoms with Gasteiger partial charge in [-0.3, -0.25) is 9.59 Å². The van der Waals surface area contributed by atoms with Crippen LogP contribution in [0.15, 0.2) is 48.5 Å². The molecule has 0 aliphatic carbocycles. The van der Waals surface area contributed by atoms with E-state index in [1.807, 2.05) is 24.3 Å². The van der Waals surface area contributed by atoms with Crippen molar-refractivity contribution in [3.05, 3.63) is 65.5 Å². The SMILES string of the molecule is COc1ccc(C2CCCN2C(=O)CNC(=O)c2ccccc2F)cc1. The fourth-order valence-electron chi connectivity index (χ4n) is 3.24. The molecule has 1 heterocycles. The third kappa shape index (κ3) is 3.85. The monoisotopic (exact) mass is 356 g/mol. The zero-order chi connectivity index (χ0) is 18.5. The molecule has 5 nitrogen and oxygen atoms in total. The van der Waals surface area contributed by atoms with Gasteiger partial charge in [-0.25, -0.2) is 4.39 Å². The number of amides is 2. The van der Waals surface area contributed by atoms with Crippen molar-refractivity contribution in [3.63, 3.8) is 0 Å². The lowest BCUT2D eigenvalue weighted by Gasteiger charge is -2.25. The van der Waals surface area contributed by atoms with Crippen molar-refractivity contribution in [2.75, 3.05) is 20.2 Å². The zero-order valence-corrected chi connectivity index (χ0v) is 14.6. The molecule has 2 aromatic carbocycles. The summed E-state index contributed by atoms with van der Waals surface area (Å²) in [6, 6.07) is 13.3. The van der Waals surface area contributed by atoms with Crippen molar-refractivity contribution in [1.82, 2.24) is 10.2 Å². The quantitative estimate of drug-likeness (QED) is 0.896. The van der Waals surface area contributed by atoms with Gasteiger partial charge in [-0.2, -0.15) is 0 Å². The lowest BCUT2D eigenvalue weighted by atomic mass is 10.0. The maximum Gasteiger partial charge on any atom is 0.254 e. The number of benzene rings is 2. The second-order valence-corrected chi connectivity index (χ2v) is 6.18. The van der Waals surface area contributed by atoms with Gasteiger partial charge in [0.05, 0.1) is 25.3 Å². The van der Waals surface area contributed by atoms with Crippen LogP contribution in [0.2, 0.25) is 0 Å². The van der Waals surface area contributed by atoms with Crippen LogP contribution in [-0.2, 0) is 4.79 Å². The van der Waals surface area contributed by atoms with Crippen LogP contribution in [0, 0.1) is 5.82 Å². The van der Waals surface area contributed by atoms with Gasteiger partial charge in [-0.15, -0.1) is 0 Å². The van der Waals surface area contributed by atoms with E-state index in [2.05, 4.69) is 5.32 Å². The van der Waals surface area contributed by atoms with Crippen LogP contribution in [0.3, 0.4) is 0 Å². The summed E-state index contributed by atoms with van der Waals surface area (Å²) in [5, 5.41) is 2.52. The summed E-state index contributed by atoms with van der Waals surface area (Å²) in [6.45, 7) is 0.491. The summed E-state index contributed by atoms with van der Waals surface area (Å²) in [6.07, 6.45) is 1.78. The highest BCUT2D eigenvalue weighted by Crippen LogP contribution is 2.32. The van der Waals surface area contributed by atoms with Crippen LogP contribution in [0.5, 0.6) is 5.75 Å². The predicted molar refractivity (Wildman–Crippen MR) is 95.4 cm³/mol. The number of nitrogens with zero attached hydrogens (tertiary/aromatic N) is 1. The van der Waals surface area contributed by atoms with Crippen LogP contribution < -0.4 is 10.1 Å². The lowest BCUT2D eigenvalue weighted by molar-refractivity contribution is -0.131. The Morgan fingerprint density at radius 2 is 1.92 bits per heavy atom. The van der Waals surface area contributed by atoms with Crippen molar-refractivity contribution < 1.29 is 18.7 Å². The topological polar surface area (TPSA) is 58.6 Å². The van der Waals surface area contributed by atoms with Crippen molar-refractivity contribution in [2.45, 2.75) is 18.9 Å². The van der Waals surface area contributed by atoms with Gasteiger partial charge in [0.25, 0.3) is 5.91 Å². The average molecular weight is 356 g/mol. The Bertz CT molecular complexity index is 792. The number of nitrogens with one attached hydrogen (secondary N) is 1. The van der Waals surface area contributed by atoms with E-state index in [-0.39, 0.29) is 24.1 Å². The predicted octanol–water partition coefficient (Wildman–Crippen LogP) is 2.93. The van der Waals surface area contributed by atoms with Crippen LogP contribution in [-0.4, -0.2) is 36.9 Å². The zero-order valence-electron chi connectivity index (χ0n) is 14.6. The highest BCUT2D eigenvalue weighted by molar-refractivity contribution is 5.96. The molecular formula is C20H21FN2O3. The lowest BCUT2D eigenvalue weighted by Crippen LogP contribution is -2.40. The Morgan fingerprint density at radius 1 is 1.19 bits per heavy atom. The van der Waals surface area contributed by atoms with E-state index in [1.54, 1.807) is 18.1 Å². The molecule has 2 aromatic rings. The van der Waals surface area contributed by atoms with Gasteiger partial charge in [0.15, 0.2) is 0 Å². The number of hydrogen-bond donors (Lipinski definition) is 1. The Morgan fingerprint density at radius 3 is 2.62 bits per heavy atom. The van der Waals surface area contributed by atoms with Gasteiger partial charge in [0.1, 0.15) is 11.6 Å². The van der Waals surface area contributed by atoms with E-state index in [4.69, 9.17) is 4.74 Å². The summed E-state index contributed by atoms with van der Waals surface area (Å²) >= 11 is 0. The standard InChI is InChI=1S/C20H21FN2O3/c1-26-15-10-8-14(9-11-15)18-7-4-12-23(18)19(24)13-22-20(25)16-5-2-3-6-17(16)21/h2-3,5-6,8-11,18H,4,7,12-13H2,1H3,(H,22,25). The van der Waals surface area contributed by atoms with Gasteiger partial charge < -0.3 is 15.0 Å². The minimum absolute atomic E-state index is 0.0150. The normalized spacial score (nSPS) is 16.4. The minimum atomic E-state index is -0.602. The number of rotatable bonds is 5. The molecule has 2 amide bonds.